The Bertz CT molecular complexity index is 353. The molecule has 1 aromatic rings. The molecule has 0 amide bonds. The first-order valence-electron chi connectivity index (χ1n) is 5.85. The van der Waals surface area contributed by atoms with Crippen molar-refractivity contribution in [3.63, 3.8) is 0 Å². The molecule has 3 N–H and O–H groups in total. The van der Waals surface area contributed by atoms with Crippen LogP contribution in [-0.4, -0.2) is 28.7 Å². The van der Waals surface area contributed by atoms with Crippen molar-refractivity contribution in [1.29, 1.82) is 0 Å². The smallest absolute Gasteiger partial charge is 0.0644 e. The zero-order chi connectivity index (χ0) is 11.6. The molecule has 88 valence electrons. The molecule has 1 aliphatic heterocycles. The van der Waals surface area contributed by atoms with Gasteiger partial charge in [0.15, 0.2) is 0 Å². The highest BCUT2D eigenvalue weighted by atomic mass is 16.3. The Kier molecular flexibility index (Phi) is 3.17. The maximum atomic E-state index is 9.86. The molecule has 3 heteroatoms. The van der Waals surface area contributed by atoms with Crippen molar-refractivity contribution in [2.45, 2.75) is 31.9 Å². The van der Waals surface area contributed by atoms with E-state index in [1.165, 1.54) is 5.56 Å². The number of hydrogen-bond acceptors (Lipinski definition) is 3. The van der Waals surface area contributed by atoms with Gasteiger partial charge >= 0.3 is 0 Å². The summed E-state index contributed by atoms with van der Waals surface area (Å²) in [5.74, 6) is 0. The van der Waals surface area contributed by atoms with Crippen molar-refractivity contribution >= 4 is 5.69 Å². The molecule has 0 radical (unpaired) electrons. The van der Waals surface area contributed by atoms with E-state index in [0.29, 0.717) is 0 Å². The number of rotatable bonds is 2. The zero-order valence-electron chi connectivity index (χ0n) is 9.82. The molecule has 0 saturated carbocycles. The summed E-state index contributed by atoms with van der Waals surface area (Å²) in [4.78, 5) is 2.35. The Morgan fingerprint density at radius 1 is 1.31 bits per heavy atom. The van der Waals surface area contributed by atoms with E-state index < -0.39 is 5.60 Å². The molecule has 0 unspecified atom stereocenters. The Morgan fingerprint density at radius 2 is 1.94 bits per heavy atom. The number of nitrogens with zero attached hydrogens (tertiary/aromatic N) is 1. The number of para-hydroxylation sites is 1. The number of nitrogens with two attached hydrogens (primary N) is 1. The minimum atomic E-state index is -0.473. The van der Waals surface area contributed by atoms with Crippen molar-refractivity contribution in [1.82, 2.24) is 4.90 Å². The van der Waals surface area contributed by atoms with Gasteiger partial charge in [0.05, 0.1) is 5.60 Å². The lowest BCUT2D eigenvalue weighted by atomic mass is 9.93. The summed E-state index contributed by atoms with van der Waals surface area (Å²) in [5, 5.41) is 9.86. The molecule has 2 rings (SSSR count). The molecule has 0 bridgehead atoms. The normalized spacial score (nSPS) is 20.9. The summed E-state index contributed by atoms with van der Waals surface area (Å²) in [6.45, 7) is 4.70. The van der Waals surface area contributed by atoms with Gasteiger partial charge in [-0.25, -0.2) is 0 Å². The van der Waals surface area contributed by atoms with E-state index >= 15 is 0 Å². The summed E-state index contributed by atoms with van der Waals surface area (Å²) in [6, 6.07) is 7.99. The second-order valence-electron chi connectivity index (χ2n) is 4.97. The highest BCUT2D eigenvalue weighted by Crippen LogP contribution is 2.23. The van der Waals surface area contributed by atoms with Crippen LogP contribution in [0.2, 0.25) is 0 Å². The Hall–Kier alpha value is -1.06. The molecule has 1 aromatic carbocycles. The van der Waals surface area contributed by atoms with Gasteiger partial charge in [-0.2, -0.15) is 0 Å². The van der Waals surface area contributed by atoms with Gasteiger partial charge in [0.2, 0.25) is 0 Å². The number of benzene rings is 1. The van der Waals surface area contributed by atoms with Crippen LogP contribution in [0.15, 0.2) is 24.3 Å². The summed E-state index contributed by atoms with van der Waals surface area (Å²) in [5.41, 5.74) is 7.49. The van der Waals surface area contributed by atoms with Crippen LogP contribution in [0.4, 0.5) is 5.69 Å². The topological polar surface area (TPSA) is 49.5 Å². The average molecular weight is 220 g/mol. The van der Waals surface area contributed by atoms with E-state index in [1.54, 1.807) is 0 Å². The lowest BCUT2D eigenvalue weighted by molar-refractivity contribution is -0.00724. The lowest BCUT2D eigenvalue weighted by Gasteiger charge is -2.35. The highest BCUT2D eigenvalue weighted by molar-refractivity contribution is 5.46. The Morgan fingerprint density at radius 3 is 2.56 bits per heavy atom. The van der Waals surface area contributed by atoms with Crippen molar-refractivity contribution in [3.05, 3.63) is 29.8 Å². The predicted octanol–water partition coefficient (Wildman–Crippen LogP) is 1.62. The first kappa shape index (κ1) is 11.4. The van der Waals surface area contributed by atoms with Crippen molar-refractivity contribution < 1.29 is 5.11 Å². The summed E-state index contributed by atoms with van der Waals surface area (Å²) < 4.78 is 0. The van der Waals surface area contributed by atoms with Gasteiger partial charge in [-0.3, -0.25) is 4.90 Å². The summed E-state index contributed by atoms with van der Waals surface area (Å²) in [6.07, 6.45) is 1.69. The van der Waals surface area contributed by atoms with E-state index in [4.69, 9.17) is 5.73 Å². The SMILES string of the molecule is CC1(O)CCN(Cc2ccccc2N)CC1. The number of likely N-dealkylation sites (tertiary alicyclic amines) is 1. The van der Waals surface area contributed by atoms with Crippen LogP contribution in [0.3, 0.4) is 0 Å². The minimum absolute atomic E-state index is 0.473. The van der Waals surface area contributed by atoms with Gasteiger partial charge in [-0.15, -0.1) is 0 Å². The zero-order valence-corrected chi connectivity index (χ0v) is 9.82. The van der Waals surface area contributed by atoms with Crippen LogP contribution in [0.1, 0.15) is 25.3 Å². The molecule has 0 atom stereocenters. The number of anilines is 1. The number of hydrogen-bond donors (Lipinski definition) is 2. The van der Waals surface area contributed by atoms with Crippen molar-refractivity contribution in [3.8, 4) is 0 Å². The van der Waals surface area contributed by atoms with Crippen LogP contribution < -0.4 is 5.73 Å². The fourth-order valence-corrected chi connectivity index (χ4v) is 2.11. The van der Waals surface area contributed by atoms with Crippen molar-refractivity contribution in [2.75, 3.05) is 18.8 Å². The maximum absolute atomic E-state index is 9.86. The van der Waals surface area contributed by atoms with Crippen LogP contribution >= 0.6 is 0 Å². The van der Waals surface area contributed by atoms with Crippen LogP contribution in [-0.2, 0) is 6.54 Å². The molecule has 1 aliphatic rings. The fraction of sp³-hybridized carbons (Fsp3) is 0.538. The summed E-state index contributed by atoms with van der Waals surface area (Å²) >= 11 is 0. The van der Waals surface area contributed by atoms with Gasteiger partial charge < -0.3 is 10.8 Å². The molecular weight excluding hydrogens is 200 g/mol. The van der Waals surface area contributed by atoms with E-state index in [0.717, 1.165) is 38.2 Å². The number of nitrogen functional groups attached to an aromatic ring is 1. The van der Waals surface area contributed by atoms with E-state index in [1.807, 2.05) is 25.1 Å². The number of aliphatic hydroxyl groups is 1. The Balaban J connectivity index is 1.95. The quantitative estimate of drug-likeness (QED) is 0.745. The average Bonchev–Trinajstić information content (AvgIpc) is 2.24. The largest absolute Gasteiger partial charge is 0.398 e. The molecule has 0 aliphatic carbocycles. The van der Waals surface area contributed by atoms with Gasteiger partial charge in [0.25, 0.3) is 0 Å². The van der Waals surface area contributed by atoms with Crippen LogP contribution in [0.5, 0.6) is 0 Å². The molecular formula is C13H20N2O. The predicted molar refractivity (Wildman–Crippen MR) is 66.0 cm³/mol. The van der Waals surface area contributed by atoms with Gasteiger partial charge in [0, 0.05) is 25.3 Å². The van der Waals surface area contributed by atoms with Gasteiger partial charge in [-0.1, -0.05) is 18.2 Å². The number of piperidine rings is 1. The second-order valence-corrected chi connectivity index (χ2v) is 4.97. The lowest BCUT2D eigenvalue weighted by Crippen LogP contribution is -2.42. The van der Waals surface area contributed by atoms with Crippen molar-refractivity contribution in [2.24, 2.45) is 0 Å². The minimum Gasteiger partial charge on any atom is -0.398 e. The van der Waals surface area contributed by atoms with E-state index in [-0.39, 0.29) is 0 Å². The van der Waals surface area contributed by atoms with Gasteiger partial charge in [0.1, 0.15) is 0 Å². The molecule has 1 saturated heterocycles. The standard InChI is InChI=1S/C13H20N2O/c1-13(16)6-8-15(9-7-13)10-11-4-2-3-5-12(11)14/h2-5,16H,6-10,14H2,1H3. The van der Waals surface area contributed by atoms with Crippen LogP contribution in [0, 0.1) is 0 Å². The fourth-order valence-electron chi connectivity index (χ4n) is 2.11. The molecule has 0 spiro atoms. The first-order chi connectivity index (χ1) is 7.57. The molecule has 16 heavy (non-hydrogen) atoms. The monoisotopic (exact) mass is 220 g/mol. The van der Waals surface area contributed by atoms with E-state index in [2.05, 4.69) is 11.0 Å². The van der Waals surface area contributed by atoms with E-state index in [9.17, 15) is 5.11 Å². The molecule has 0 aromatic heterocycles. The Labute approximate surface area is 96.9 Å². The summed E-state index contributed by atoms with van der Waals surface area (Å²) in [7, 11) is 0. The third-order valence-electron chi connectivity index (χ3n) is 3.38. The first-order valence-corrected chi connectivity index (χ1v) is 5.85. The second kappa shape index (κ2) is 4.44. The molecule has 1 heterocycles. The van der Waals surface area contributed by atoms with Gasteiger partial charge in [-0.05, 0) is 31.4 Å². The maximum Gasteiger partial charge on any atom is 0.0644 e. The third kappa shape index (κ3) is 2.74. The third-order valence-corrected chi connectivity index (χ3v) is 3.38. The molecule has 3 nitrogen and oxygen atoms in total. The highest BCUT2D eigenvalue weighted by Gasteiger charge is 2.27. The molecule has 1 fully saturated rings. The van der Waals surface area contributed by atoms with Crippen LogP contribution in [0.25, 0.3) is 0 Å².